The zero-order valence-electron chi connectivity index (χ0n) is 22.9. The van der Waals surface area contributed by atoms with Gasteiger partial charge in [0.15, 0.2) is 11.5 Å². The second-order valence-electron chi connectivity index (χ2n) is 8.72. The summed E-state index contributed by atoms with van der Waals surface area (Å²) in [5.74, 6) is -0.369. The van der Waals surface area contributed by atoms with Crippen molar-refractivity contribution in [3.63, 3.8) is 0 Å². The lowest BCUT2D eigenvalue weighted by molar-refractivity contribution is -0.114. The van der Waals surface area contributed by atoms with Gasteiger partial charge in [0, 0.05) is 17.1 Å². The molecule has 0 fully saturated rings. The van der Waals surface area contributed by atoms with Gasteiger partial charge in [0.2, 0.25) is 5.91 Å². The Labute approximate surface area is 239 Å². The minimum atomic E-state index is -4.38. The van der Waals surface area contributed by atoms with Gasteiger partial charge in [-0.3, -0.25) is 13.9 Å². The molecule has 0 radical (unpaired) electrons. The van der Waals surface area contributed by atoms with E-state index < -0.39 is 22.5 Å². The summed E-state index contributed by atoms with van der Waals surface area (Å²) in [5, 5.41) is 5.77. The molecule has 12 heteroatoms. The number of ether oxygens (including phenoxy) is 3. The molecule has 10 nitrogen and oxygen atoms in total. The van der Waals surface area contributed by atoms with Crippen molar-refractivity contribution >= 4 is 44.8 Å². The molecule has 3 aromatic carbocycles. The molecule has 40 heavy (non-hydrogen) atoms. The molecule has 0 heterocycles. The molecule has 1 atom stereocenters. The van der Waals surface area contributed by atoms with Crippen molar-refractivity contribution in [2.75, 3.05) is 37.5 Å². The van der Waals surface area contributed by atoms with Crippen LogP contribution in [0.4, 0.5) is 11.4 Å². The fourth-order valence-electron chi connectivity index (χ4n) is 3.78. The van der Waals surface area contributed by atoms with Crippen molar-refractivity contribution in [2.24, 2.45) is 0 Å². The molecule has 214 valence electrons. The van der Waals surface area contributed by atoms with Crippen LogP contribution in [0.2, 0.25) is 5.02 Å². The van der Waals surface area contributed by atoms with Gasteiger partial charge in [0.25, 0.3) is 15.9 Å². The van der Waals surface area contributed by atoms with E-state index in [-0.39, 0.29) is 50.3 Å². The number of para-hydroxylation sites is 1. The van der Waals surface area contributed by atoms with Crippen LogP contribution in [0, 0.1) is 0 Å². The number of hydrogen-bond acceptors (Lipinski definition) is 7. The van der Waals surface area contributed by atoms with Gasteiger partial charge in [-0.2, -0.15) is 0 Å². The van der Waals surface area contributed by atoms with E-state index >= 15 is 0 Å². The minimum Gasteiger partial charge on any atom is -0.495 e. The number of carbonyl (C=O) groups excluding carboxylic acids is 2. The molecule has 2 amide bonds. The molecule has 0 aliphatic heterocycles. The van der Waals surface area contributed by atoms with Crippen LogP contribution in [-0.4, -0.2) is 54.1 Å². The van der Waals surface area contributed by atoms with Crippen molar-refractivity contribution in [3.8, 4) is 17.2 Å². The van der Waals surface area contributed by atoms with Crippen molar-refractivity contribution in [1.29, 1.82) is 0 Å². The standard InChI is InChI=1S/C28H32ClN3O7S/c1-6-18(2)30-28(34)21-9-7-8-10-22(21)31-27(33)17-32(23-15-19(29)11-13-24(23)37-3)40(35,36)20-12-14-25(38-4)26(16-20)39-5/h7-16,18H,6,17H2,1-5H3,(H,30,34)(H,31,33)/t18-/m1/s1. The van der Waals surface area contributed by atoms with Crippen LogP contribution in [0.1, 0.15) is 30.6 Å². The second-order valence-corrected chi connectivity index (χ2v) is 11.0. The highest BCUT2D eigenvalue weighted by atomic mass is 35.5. The largest absolute Gasteiger partial charge is 0.495 e. The van der Waals surface area contributed by atoms with Gasteiger partial charge < -0.3 is 24.8 Å². The first-order valence-electron chi connectivity index (χ1n) is 12.3. The Hall–Kier alpha value is -3.96. The summed E-state index contributed by atoms with van der Waals surface area (Å²) < 4.78 is 44.8. The molecule has 2 N–H and O–H groups in total. The predicted molar refractivity (Wildman–Crippen MR) is 154 cm³/mol. The van der Waals surface area contributed by atoms with E-state index in [0.29, 0.717) is 5.75 Å². The zero-order chi connectivity index (χ0) is 29.4. The average Bonchev–Trinajstić information content (AvgIpc) is 2.95. The number of methoxy groups -OCH3 is 3. The number of halogens is 1. The number of benzene rings is 3. The maximum atomic E-state index is 14.0. The molecule has 0 saturated carbocycles. The SMILES string of the molecule is CC[C@@H](C)NC(=O)c1ccccc1NC(=O)CN(c1cc(Cl)ccc1OC)S(=O)(=O)c1ccc(OC)c(OC)c1. The van der Waals surface area contributed by atoms with Gasteiger partial charge in [-0.15, -0.1) is 0 Å². The predicted octanol–water partition coefficient (Wildman–Crippen LogP) is 4.73. The normalized spacial score (nSPS) is 11.8. The topological polar surface area (TPSA) is 123 Å². The summed E-state index contributed by atoms with van der Waals surface area (Å²) in [5.41, 5.74) is 0.517. The monoisotopic (exact) mass is 589 g/mol. The van der Waals surface area contributed by atoms with E-state index in [4.69, 9.17) is 25.8 Å². The maximum absolute atomic E-state index is 14.0. The first-order chi connectivity index (χ1) is 19.0. The molecule has 0 saturated heterocycles. The first-order valence-corrected chi connectivity index (χ1v) is 14.2. The Morgan fingerprint density at radius 1 is 0.925 bits per heavy atom. The third-order valence-electron chi connectivity index (χ3n) is 6.08. The lowest BCUT2D eigenvalue weighted by Crippen LogP contribution is -2.39. The number of amides is 2. The summed E-state index contributed by atoms with van der Waals surface area (Å²) in [6.45, 7) is 3.15. The van der Waals surface area contributed by atoms with Crippen molar-refractivity contribution in [1.82, 2.24) is 5.32 Å². The van der Waals surface area contributed by atoms with Gasteiger partial charge >= 0.3 is 0 Å². The molecule has 0 unspecified atom stereocenters. The number of nitrogens with one attached hydrogen (secondary N) is 2. The van der Waals surface area contributed by atoms with Gasteiger partial charge in [-0.1, -0.05) is 30.7 Å². The summed E-state index contributed by atoms with van der Waals surface area (Å²) >= 11 is 6.22. The van der Waals surface area contributed by atoms with Crippen LogP contribution >= 0.6 is 11.6 Å². The number of rotatable bonds is 12. The van der Waals surface area contributed by atoms with Crippen molar-refractivity contribution < 1.29 is 32.2 Å². The smallest absolute Gasteiger partial charge is 0.265 e. The molecular formula is C28H32ClN3O7S. The number of nitrogens with zero attached hydrogens (tertiary/aromatic N) is 1. The molecule has 3 rings (SSSR count). The Kier molecular flexibility index (Phi) is 10.2. The molecule has 0 aliphatic carbocycles. The number of hydrogen-bond donors (Lipinski definition) is 2. The Bertz CT molecular complexity index is 1480. The van der Waals surface area contributed by atoms with Crippen LogP contribution in [0.3, 0.4) is 0 Å². The van der Waals surface area contributed by atoms with Crippen molar-refractivity contribution in [2.45, 2.75) is 31.2 Å². The number of carbonyl (C=O) groups is 2. The molecule has 0 bridgehead atoms. The number of anilines is 2. The molecule has 3 aromatic rings. The van der Waals surface area contributed by atoms with E-state index in [2.05, 4.69) is 10.6 Å². The highest BCUT2D eigenvalue weighted by Crippen LogP contribution is 2.37. The third kappa shape index (κ3) is 6.97. The third-order valence-corrected chi connectivity index (χ3v) is 8.07. The quantitative estimate of drug-likeness (QED) is 0.313. The lowest BCUT2D eigenvalue weighted by Gasteiger charge is -2.26. The fourth-order valence-corrected chi connectivity index (χ4v) is 5.38. The fraction of sp³-hybridized carbons (Fsp3) is 0.286. The van der Waals surface area contributed by atoms with Crippen LogP contribution < -0.4 is 29.1 Å². The van der Waals surface area contributed by atoms with Gasteiger partial charge in [-0.25, -0.2) is 8.42 Å². The molecule has 0 aliphatic rings. The van der Waals surface area contributed by atoms with Crippen LogP contribution in [0.5, 0.6) is 17.2 Å². The van der Waals surface area contributed by atoms with Crippen LogP contribution in [0.15, 0.2) is 65.6 Å². The maximum Gasteiger partial charge on any atom is 0.265 e. The Morgan fingerprint density at radius 2 is 1.57 bits per heavy atom. The van der Waals surface area contributed by atoms with E-state index in [1.54, 1.807) is 24.3 Å². The Morgan fingerprint density at radius 3 is 2.23 bits per heavy atom. The van der Waals surface area contributed by atoms with E-state index in [1.165, 1.54) is 57.7 Å². The number of sulfonamides is 1. The highest BCUT2D eigenvalue weighted by Gasteiger charge is 2.31. The molecule has 0 aromatic heterocycles. The first kappa shape index (κ1) is 30.6. The highest BCUT2D eigenvalue weighted by molar-refractivity contribution is 7.92. The summed E-state index contributed by atoms with van der Waals surface area (Å²) in [7, 11) is -0.186. The molecule has 0 spiro atoms. The van der Waals surface area contributed by atoms with Crippen LogP contribution in [-0.2, 0) is 14.8 Å². The summed E-state index contributed by atoms with van der Waals surface area (Å²) in [6.07, 6.45) is 0.727. The second kappa shape index (κ2) is 13.4. The van der Waals surface area contributed by atoms with Crippen molar-refractivity contribution in [3.05, 3.63) is 71.2 Å². The zero-order valence-corrected chi connectivity index (χ0v) is 24.4. The van der Waals surface area contributed by atoms with Gasteiger partial charge in [0.05, 0.1) is 43.2 Å². The van der Waals surface area contributed by atoms with Gasteiger partial charge in [-0.05, 0) is 55.8 Å². The average molecular weight is 590 g/mol. The van der Waals surface area contributed by atoms with E-state index in [9.17, 15) is 18.0 Å². The Balaban J connectivity index is 2.04. The lowest BCUT2D eigenvalue weighted by atomic mass is 10.1. The van der Waals surface area contributed by atoms with Crippen LogP contribution in [0.25, 0.3) is 0 Å². The minimum absolute atomic E-state index is 0.0442. The summed E-state index contributed by atoms with van der Waals surface area (Å²) in [4.78, 5) is 26.0. The van der Waals surface area contributed by atoms with E-state index in [1.807, 2.05) is 13.8 Å². The van der Waals surface area contributed by atoms with E-state index in [0.717, 1.165) is 10.7 Å². The molecular weight excluding hydrogens is 558 g/mol. The summed E-state index contributed by atoms with van der Waals surface area (Å²) in [6, 6.07) is 14.9. The van der Waals surface area contributed by atoms with Gasteiger partial charge in [0.1, 0.15) is 12.3 Å².